The number of piperidine rings is 1. The van der Waals surface area contributed by atoms with E-state index in [1.54, 1.807) is 0 Å². The van der Waals surface area contributed by atoms with Crippen LogP contribution in [-0.2, 0) is 11.2 Å². The summed E-state index contributed by atoms with van der Waals surface area (Å²) in [5.41, 5.74) is 2.33. The summed E-state index contributed by atoms with van der Waals surface area (Å²) < 4.78 is 18.7. The average Bonchev–Trinajstić information content (AvgIpc) is 3.41. The fourth-order valence-corrected chi connectivity index (χ4v) is 5.50. The van der Waals surface area contributed by atoms with Gasteiger partial charge in [0.15, 0.2) is 11.5 Å². The molecule has 0 radical (unpaired) electrons. The first-order chi connectivity index (χ1) is 17.7. The van der Waals surface area contributed by atoms with Gasteiger partial charge in [0.2, 0.25) is 5.91 Å². The van der Waals surface area contributed by atoms with Gasteiger partial charge in [-0.2, -0.15) is 0 Å². The summed E-state index contributed by atoms with van der Waals surface area (Å²) in [5.74, 6) is 3.53. The molecule has 2 aliphatic rings. The minimum absolute atomic E-state index is 0.0749. The van der Waals surface area contributed by atoms with Crippen LogP contribution in [0.2, 0.25) is 0 Å². The van der Waals surface area contributed by atoms with E-state index in [1.807, 2.05) is 48.5 Å². The average molecular weight is 597 g/mol. The van der Waals surface area contributed by atoms with Crippen LogP contribution < -0.4 is 19.5 Å². The summed E-state index contributed by atoms with van der Waals surface area (Å²) in [4.78, 5) is 12.7. The highest BCUT2D eigenvalue weighted by molar-refractivity contribution is 14.1. The topological polar surface area (TPSA) is 56.8 Å². The lowest BCUT2D eigenvalue weighted by Crippen LogP contribution is -2.41. The number of ether oxygens (including phenoxy) is 3. The number of nitrogens with one attached hydrogen (secondary N) is 1. The number of alkyl halides is 1. The molecule has 1 amide bonds. The van der Waals surface area contributed by atoms with Crippen molar-refractivity contribution in [3.05, 3.63) is 83.9 Å². The van der Waals surface area contributed by atoms with Crippen LogP contribution in [0.5, 0.6) is 23.0 Å². The Kier molecular flexibility index (Phi) is 8.31. The number of carbonyl (C=O) groups is 1. The van der Waals surface area contributed by atoms with Gasteiger partial charge in [-0.1, -0.05) is 36.4 Å². The highest BCUT2D eigenvalue weighted by Gasteiger charge is 2.30. The van der Waals surface area contributed by atoms with Crippen molar-refractivity contribution in [3.8, 4) is 23.0 Å². The second kappa shape index (κ2) is 12.0. The standard InChI is InChI=1S/C30H32INO4/c31-20-34-28-15-12-22(18-29(28)36-26-8-4-5-9-26)24-17-23(30(33)32-19-24)16-21-10-13-27(14-11-21)35-25-6-2-1-3-7-25/h1-3,6-7,10-15,18,23-24,26H,4-5,8-9,16-17,19-20H2,(H,32,33)/t23-,24-/m1/s1. The molecule has 6 heteroatoms. The molecule has 2 fully saturated rings. The molecule has 188 valence electrons. The smallest absolute Gasteiger partial charge is 0.223 e. The van der Waals surface area contributed by atoms with Crippen molar-refractivity contribution < 1.29 is 19.0 Å². The SMILES string of the molecule is O=C1NC[C@H](c2ccc(OCI)c(OC3CCCC3)c2)C[C@H]1Cc1ccc(Oc2ccccc2)cc1. The zero-order chi connectivity index (χ0) is 24.7. The van der Waals surface area contributed by atoms with Gasteiger partial charge in [-0.3, -0.25) is 4.79 Å². The van der Waals surface area contributed by atoms with Crippen LogP contribution in [0.3, 0.4) is 0 Å². The summed E-state index contributed by atoms with van der Waals surface area (Å²) >= 11 is 2.21. The van der Waals surface area contributed by atoms with Gasteiger partial charge in [-0.05, 0) is 109 Å². The van der Waals surface area contributed by atoms with Gasteiger partial charge in [0.25, 0.3) is 0 Å². The monoisotopic (exact) mass is 597 g/mol. The number of hydrogen-bond acceptors (Lipinski definition) is 4. The fourth-order valence-electron chi connectivity index (χ4n) is 5.17. The van der Waals surface area contributed by atoms with Gasteiger partial charge in [-0.15, -0.1) is 0 Å². The summed E-state index contributed by atoms with van der Waals surface area (Å²) in [6.07, 6.45) is 6.43. The lowest BCUT2D eigenvalue weighted by molar-refractivity contribution is -0.126. The van der Waals surface area contributed by atoms with E-state index in [1.165, 1.54) is 18.4 Å². The van der Waals surface area contributed by atoms with Gasteiger partial charge < -0.3 is 19.5 Å². The number of hydrogen-bond donors (Lipinski definition) is 1. The molecular formula is C30H32INO4. The van der Waals surface area contributed by atoms with Crippen molar-refractivity contribution in [2.75, 3.05) is 11.2 Å². The minimum atomic E-state index is -0.0749. The minimum Gasteiger partial charge on any atom is -0.487 e. The predicted octanol–water partition coefficient (Wildman–Crippen LogP) is 7.03. The Bertz CT molecular complexity index is 1150. The highest BCUT2D eigenvalue weighted by atomic mass is 127. The third kappa shape index (κ3) is 6.33. The molecule has 0 bridgehead atoms. The van der Waals surface area contributed by atoms with Gasteiger partial charge in [0.05, 0.1) is 6.10 Å². The van der Waals surface area contributed by atoms with Gasteiger partial charge in [0.1, 0.15) is 16.1 Å². The van der Waals surface area contributed by atoms with E-state index in [0.29, 0.717) is 17.6 Å². The maximum atomic E-state index is 12.7. The molecule has 0 unspecified atom stereocenters. The number of para-hydroxylation sites is 1. The molecule has 36 heavy (non-hydrogen) atoms. The van der Waals surface area contributed by atoms with Crippen LogP contribution in [-0.4, -0.2) is 23.2 Å². The Morgan fingerprint density at radius 1 is 0.889 bits per heavy atom. The molecule has 1 aliphatic carbocycles. The second-order valence-electron chi connectivity index (χ2n) is 9.62. The lowest BCUT2D eigenvalue weighted by atomic mass is 9.82. The molecule has 5 nitrogen and oxygen atoms in total. The van der Waals surface area contributed by atoms with E-state index < -0.39 is 0 Å². The maximum Gasteiger partial charge on any atom is 0.223 e. The molecule has 1 aliphatic heterocycles. The molecule has 5 rings (SSSR count). The van der Waals surface area contributed by atoms with Crippen molar-refractivity contribution in [3.63, 3.8) is 0 Å². The van der Waals surface area contributed by atoms with E-state index in [2.05, 4.69) is 52.2 Å². The van der Waals surface area contributed by atoms with Crippen LogP contribution in [0.1, 0.15) is 49.1 Å². The molecule has 0 spiro atoms. The third-order valence-corrected chi connectivity index (χ3v) is 7.40. The predicted molar refractivity (Wildman–Crippen MR) is 149 cm³/mol. The normalized spacial score (nSPS) is 20.1. The van der Waals surface area contributed by atoms with Gasteiger partial charge >= 0.3 is 0 Å². The Hall–Kier alpha value is -2.74. The molecule has 1 saturated carbocycles. The summed E-state index contributed by atoms with van der Waals surface area (Å²) in [6.45, 7) is 0.647. The summed E-state index contributed by atoms with van der Waals surface area (Å²) in [6, 6.07) is 24.1. The van der Waals surface area contributed by atoms with E-state index in [0.717, 1.165) is 47.8 Å². The van der Waals surface area contributed by atoms with Gasteiger partial charge in [0, 0.05) is 18.4 Å². The zero-order valence-electron chi connectivity index (χ0n) is 20.3. The molecule has 2 atom stereocenters. The molecule has 0 aromatic heterocycles. The van der Waals surface area contributed by atoms with Crippen LogP contribution >= 0.6 is 22.6 Å². The van der Waals surface area contributed by atoms with E-state index in [9.17, 15) is 4.79 Å². The quantitative estimate of drug-likeness (QED) is 0.213. The van der Waals surface area contributed by atoms with Crippen LogP contribution in [0.25, 0.3) is 0 Å². The molecule has 1 N–H and O–H groups in total. The number of halogens is 1. The number of amides is 1. The Labute approximate surface area is 226 Å². The molecular weight excluding hydrogens is 565 g/mol. The van der Waals surface area contributed by atoms with Gasteiger partial charge in [-0.25, -0.2) is 0 Å². The largest absolute Gasteiger partial charge is 0.487 e. The summed E-state index contributed by atoms with van der Waals surface area (Å²) in [5, 5.41) is 3.14. The first kappa shape index (κ1) is 24.9. The fraction of sp³-hybridized carbons (Fsp3) is 0.367. The molecule has 3 aromatic carbocycles. The van der Waals surface area contributed by atoms with E-state index >= 15 is 0 Å². The van der Waals surface area contributed by atoms with E-state index in [-0.39, 0.29) is 23.8 Å². The first-order valence-electron chi connectivity index (χ1n) is 12.8. The van der Waals surface area contributed by atoms with Crippen molar-refractivity contribution in [2.24, 2.45) is 5.92 Å². The molecule has 1 heterocycles. The Morgan fingerprint density at radius 3 is 2.39 bits per heavy atom. The zero-order valence-corrected chi connectivity index (χ0v) is 22.5. The van der Waals surface area contributed by atoms with Crippen LogP contribution in [0.15, 0.2) is 72.8 Å². The maximum absolute atomic E-state index is 12.7. The third-order valence-electron chi connectivity index (χ3n) is 7.09. The number of carbonyl (C=O) groups excluding carboxylic acids is 1. The number of benzene rings is 3. The van der Waals surface area contributed by atoms with Crippen molar-refractivity contribution in [1.29, 1.82) is 0 Å². The number of rotatable bonds is 9. The molecule has 1 saturated heterocycles. The van der Waals surface area contributed by atoms with Crippen molar-refractivity contribution >= 4 is 28.5 Å². The highest BCUT2D eigenvalue weighted by Crippen LogP contribution is 2.37. The second-order valence-corrected chi connectivity index (χ2v) is 10.2. The lowest BCUT2D eigenvalue weighted by Gasteiger charge is -2.30. The Balaban J connectivity index is 1.25. The molecule has 3 aromatic rings. The first-order valence-corrected chi connectivity index (χ1v) is 14.3. The van der Waals surface area contributed by atoms with Crippen LogP contribution in [0, 0.1) is 5.92 Å². The van der Waals surface area contributed by atoms with E-state index in [4.69, 9.17) is 14.2 Å². The summed E-state index contributed by atoms with van der Waals surface area (Å²) in [7, 11) is 0. The van der Waals surface area contributed by atoms with Crippen LogP contribution in [0.4, 0.5) is 0 Å². The van der Waals surface area contributed by atoms with Crippen molar-refractivity contribution in [2.45, 2.75) is 50.5 Å². The van der Waals surface area contributed by atoms with Crippen molar-refractivity contribution in [1.82, 2.24) is 5.32 Å². The Morgan fingerprint density at radius 2 is 1.64 bits per heavy atom.